The Morgan fingerprint density at radius 3 is 2.13 bits per heavy atom. The summed E-state index contributed by atoms with van der Waals surface area (Å²) in [6, 6.07) is 8.68. The molecule has 1 aromatic heterocycles. The lowest BCUT2D eigenvalue weighted by Crippen LogP contribution is -2.32. The van der Waals surface area contributed by atoms with Gasteiger partial charge in [0.25, 0.3) is 5.56 Å². The Bertz CT molecular complexity index is 1560. The van der Waals surface area contributed by atoms with Crippen molar-refractivity contribution in [3.8, 4) is 11.1 Å². The van der Waals surface area contributed by atoms with Crippen LogP contribution in [-0.2, 0) is 20.7 Å². The molecule has 1 heterocycles. The monoisotopic (exact) mass is 618 g/mol. The number of ketones is 1. The second-order valence-electron chi connectivity index (χ2n) is 13.3. The van der Waals surface area contributed by atoms with Crippen LogP contribution < -0.4 is 5.56 Å². The molecule has 0 aliphatic heterocycles. The number of aryl methyl sites for hydroxylation is 5. The Labute approximate surface area is 268 Å². The van der Waals surface area contributed by atoms with Gasteiger partial charge in [-0.1, -0.05) is 31.5 Å². The maximum absolute atomic E-state index is 16.0. The van der Waals surface area contributed by atoms with E-state index in [1.807, 2.05) is 67.9 Å². The number of halogens is 1. The van der Waals surface area contributed by atoms with E-state index < -0.39 is 23.7 Å². The van der Waals surface area contributed by atoms with E-state index in [2.05, 4.69) is 17.0 Å². The zero-order valence-corrected chi connectivity index (χ0v) is 28.8. The number of carbonyl (C=O) groups excluding carboxylic acids is 2. The summed E-state index contributed by atoms with van der Waals surface area (Å²) in [5.74, 6) is -1.75. The van der Waals surface area contributed by atoms with Crippen LogP contribution in [0.25, 0.3) is 11.1 Å². The summed E-state index contributed by atoms with van der Waals surface area (Å²) >= 11 is 0. The number of hydrogen-bond donors (Lipinski definition) is 0. The Kier molecular flexibility index (Phi) is 12.5. The first-order chi connectivity index (χ1) is 21.1. The number of esters is 1. The van der Waals surface area contributed by atoms with Crippen molar-refractivity contribution in [1.29, 1.82) is 0 Å². The van der Waals surface area contributed by atoms with Gasteiger partial charge in [-0.05, 0) is 131 Å². The van der Waals surface area contributed by atoms with Crippen LogP contribution in [0.3, 0.4) is 0 Å². The SMILES string of the molecule is CCOC(=O)C[C@H](CC(=O)C(CC(C)C)n1cc(CCN(C)C)c(C)cc1=O)c1cc(-c2c(C)cc(C)cc2C)cc(C)c1F. The lowest BCUT2D eigenvalue weighted by molar-refractivity contribution is -0.143. The summed E-state index contributed by atoms with van der Waals surface area (Å²) in [6.45, 7) is 16.5. The number of rotatable bonds is 14. The summed E-state index contributed by atoms with van der Waals surface area (Å²) < 4.78 is 22.9. The molecule has 0 fully saturated rings. The fourth-order valence-corrected chi connectivity index (χ4v) is 6.35. The third-order valence-electron chi connectivity index (χ3n) is 8.48. The summed E-state index contributed by atoms with van der Waals surface area (Å²) in [6.07, 6.45) is 2.76. The van der Waals surface area contributed by atoms with Gasteiger partial charge in [-0.15, -0.1) is 0 Å². The molecule has 0 saturated carbocycles. The van der Waals surface area contributed by atoms with Crippen molar-refractivity contribution < 1.29 is 18.7 Å². The largest absolute Gasteiger partial charge is 0.466 e. The Morgan fingerprint density at radius 1 is 0.911 bits per heavy atom. The van der Waals surface area contributed by atoms with Crippen molar-refractivity contribution in [1.82, 2.24) is 9.47 Å². The van der Waals surface area contributed by atoms with Crippen LogP contribution in [0.4, 0.5) is 4.39 Å². The minimum Gasteiger partial charge on any atom is -0.466 e. The van der Waals surface area contributed by atoms with Gasteiger partial charge in [0.2, 0.25) is 0 Å². The number of Topliss-reactive ketones (excluding diaryl/α,β-unsaturated/α-hetero) is 1. The molecule has 0 amide bonds. The quantitative estimate of drug-likeness (QED) is 0.174. The van der Waals surface area contributed by atoms with Gasteiger partial charge in [0.1, 0.15) is 5.82 Å². The molecule has 45 heavy (non-hydrogen) atoms. The summed E-state index contributed by atoms with van der Waals surface area (Å²) in [7, 11) is 3.99. The second-order valence-corrected chi connectivity index (χ2v) is 13.3. The molecule has 0 saturated heterocycles. The van der Waals surface area contributed by atoms with Gasteiger partial charge < -0.3 is 14.2 Å². The highest BCUT2D eigenvalue weighted by atomic mass is 19.1. The first-order valence-electron chi connectivity index (χ1n) is 16.1. The first-order valence-corrected chi connectivity index (χ1v) is 16.1. The van der Waals surface area contributed by atoms with E-state index in [9.17, 15) is 14.4 Å². The summed E-state index contributed by atoms with van der Waals surface area (Å²) in [4.78, 5) is 42.6. The highest BCUT2D eigenvalue weighted by Crippen LogP contribution is 2.37. The zero-order chi connectivity index (χ0) is 33.6. The number of benzene rings is 2. The number of pyridine rings is 1. The molecule has 0 radical (unpaired) electrons. The van der Waals surface area contributed by atoms with Crippen molar-refractivity contribution in [2.24, 2.45) is 5.92 Å². The highest BCUT2D eigenvalue weighted by molar-refractivity contribution is 5.84. The van der Waals surface area contributed by atoms with Crippen LogP contribution in [0.1, 0.15) is 90.9 Å². The molecule has 3 aromatic rings. The molecule has 0 bridgehead atoms. The molecule has 0 spiro atoms. The number of hydrogen-bond acceptors (Lipinski definition) is 5. The Morgan fingerprint density at radius 2 is 1.56 bits per heavy atom. The molecule has 0 aliphatic rings. The van der Waals surface area contributed by atoms with Crippen molar-refractivity contribution in [2.75, 3.05) is 27.2 Å². The lowest BCUT2D eigenvalue weighted by Gasteiger charge is -2.25. The van der Waals surface area contributed by atoms with Crippen molar-refractivity contribution in [3.63, 3.8) is 0 Å². The van der Waals surface area contributed by atoms with E-state index >= 15 is 4.39 Å². The summed E-state index contributed by atoms with van der Waals surface area (Å²) in [5.41, 5.74) is 7.57. The molecule has 7 heteroatoms. The van der Waals surface area contributed by atoms with E-state index in [-0.39, 0.29) is 36.7 Å². The van der Waals surface area contributed by atoms with Gasteiger partial charge in [-0.25, -0.2) is 4.39 Å². The van der Waals surface area contributed by atoms with Gasteiger partial charge in [0.15, 0.2) is 5.78 Å². The van der Waals surface area contributed by atoms with Gasteiger partial charge in [0.05, 0.1) is 19.1 Å². The highest BCUT2D eigenvalue weighted by Gasteiger charge is 2.30. The van der Waals surface area contributed by atoms with Crippen molar-refractivity contribution in [2.45, 2.75) is 93.0 Å². The van der Waals surface area contributed by atoms with Gasteiger partial charge in [0, 0.05) is 31.1 Å². The Hall–Kier alpha value is -3.58. The molecule has 3 rings (SSSR count). The average molecular weight is 619 g/mol. The molecule has 1 unspecified atom stereocenters. The fraction of sp³-hybridized carbons (Fsp3) is 0.500. The normalized spacial score (nSPS) is 12.9. The van der Waals surface area contributed by atoms with Crippen LogP contribution >= 0.6 is 0 Å². The van der Waals surface area contributed by atoms with Gasteiger partial charge >= 0.3 is 5.97 Å². The molecular formula is C38H51FN2O4. The van der Waals surface area contributed by atoms with Gasteiger partial charge in [-0.3, -0.25) is 14.4 Å². The van der Waals surface area contributed by atoms with Crippen LogP contribution in [0, 0.1) is 46.4 Å². The fourth-order valence-electron chi connectivity index (χ4n) is 6.35. The van der Waals surface area contributed by atoms with Crippen LogP contribution in [0.2, 0.25) is 0 Å². The second kappa shape index (κ2) is 15.6. The van der Waals surface area contributed by atoms with E-state index in [0.717, 1.165) is 51.9 Å². The van der Waals surface area contributed by atoms with Crippen LogP contribution in [0.15, 0.2) is 41.3 Å². The van der Waals surface area contributed by atoms with Crippen LogP contribution in [-0.4, -0.2) is 48.5 Å². The molecule has 2 atom stereocenters. The van der Waals surface area contributed by atoms with E-state index in [4.69, 9.17) is 4.74 Å². The van der Waals surface area contributed by atoms with Crippen molar-refractivity contribution in [3.05, 3.63) is 91.6 Å². The maximum Gasteiger partial charge on any atom is 0.306 e. The van der Waals surface area contributed by atoms with E-state index in [1.54, 1.807) is 30.5 Å². The van der Waals surface area contributed by atoms with Crippen molar-refractivity contribution >= 4 is 11.8 Å². The molecule has 0 N–H and O–H groups in total. The smallest absolute Gasteiger partial charge is 0.306 e. The molecule has 6 nitrogen and oxygen atoms in total. The minimum absolute atomic E-state index is 0.102. The number of carbonyl (C=O) groups is 2. The number of aromatic nitrogens is 1. The topological polar surface area (TPSA) is 68.6 Å². The maximum atomic E-state index is 16.0. The van der Waals surface area contributed by atoms with E-state index in [1.165, 1.54) is 0 Å². The molecular weight excluding hydrogens is 567 g/mol. The zero-order valence-electron chi connectivity index (χ0n) is 28.8. The number of ether oxygens (including phenoxy) is 1. The predicted molar refractivity (Wildman–Crippen MR) is 181 cm³/mol. The average Bonchev–Trinajstić information content (AvgIpc) is 2.92. The Balaban J connectivity index is 2.13. The number of nitrogens with zero attached hydrogens (tertiary/aromatic N) is 2. The lowest BCUT2D eigenvalue weighted by atomic mass is 9.83. The third-order valence-corrected chi connectivity index (χ3v) is 8.48. The predicted octanol–water partition coefficient (Wildman–Crippen LogP) is 7.58. The van der Waals surface area contributed by atoms with E-state index in [0.29, 0.717) is 17.5 Å². The third kappa shape index (κ3) is 9.23. The standard InChI is InChI=1S/C38H51FN2O4/c1-11-45-36(44)21-30(32-19-31(17-28(8)38(32)39)37-26(6)15-24(4)16-27(37)7)20-34(42)33(14-23(2)3)41-22-29(12-13-40(9)10)25(5)18-35(41)43/h15-19,22-23,30,33H,11-14,20-21H2,1-10H3/t30-,33?/m0/s1. The minimum atomic E-state index is -0.759. The summed E-state index contributed by atoms with van der Waals surface area (Å²) in [5, 5.41) is 0. The molecule has 244 valence electrons. The molecule has 2 aromatic carbocycles. The number of likely N-dealkylation sites (N-methyl/N-ethyl adjacent to an activating group) is 1. The van der Waals surface area contributed by atoms with Crippen LogP contribution in [0.5, 0.6) is 0 Å². The van der Waals surface area contributed by atoms with Gasteiger partial charge in [-0.2, -0.15) is 0 Å². The first kappa shape index (κ1) is 35.9. The molecule has 0 aliphatic carbocycles.